The third-order valence-corrected chi connectivity index (χ3v) is 3.92. The molecule has 0 aromatic carbocycles. The molecule has 2 heterocycles. The largest absolute Gasteiger partial charge is 0.485 e. The molecular weight excluding hydrogens is 258 g/mol. The molecule has 0 saturated heterocycles. The van der Waals surface area contributed by atoms with Gasteiger partial charge < -0.3 is 10.1 Å². The van der Waals surface area contributed by atoms with E-state index in [4.69, 9.17) is 4.74 Å². The number of thiazole rings is 1. The maximum absolute atomic E-state index is 5.66. The molecule has 0 unspecified atom stereocenters. The predicted molar refractivity (Wildman–Crippen MR) is 75.3 cm³/mol. The highest BCUT2D eigenvalue weighted by atomic mass is 32.1. The highest BCUT2D eigenvalue weighted by Crippen LogP contribution is 2.19. The molecule has 100 valence electrons. The molecule has 19 heavy (non-hydrogen) atoms. The SMILES string of the molecule is Cc1csc(COc2ccc(CNC3CC3)nc2)n1. The summed E-state index contributed by atoms with van der Waals surface area (Å²) in [6.07, 6.45) is 4.38. The number of hydrogen-bond donors (Lipinski definition) is 1. The minimum atomic E-state index is 0.514. The smallest absolute Gasteiger partial charge is 0.140 e. The van der Waals surface area contributed by atoms with Crippen LogP contribution in [0.25, 0.3) is 0 Å². The second kappa shape index (κ2) is 5.67. The van der Waals surface area contributed by atoms with Crippen LogP contribution in [0.3, 0.4) is 0 Å². The fourth-order valence-corrected chi connectivity index (χ4v) is 2.43. The molecule has 1 N–H and O–H groups in total. The van der Waals surface area contributed by atoms with Crippen LogP contribution in [0.5, 0.6) is 5.75 Å². The van der Waals surface area contributed by atoms with Crippen LogP contribution in [0.15, 0.2) is 23.7 Å². The van der Waals surface area contributed by atoms with Crippen molar-refractivity contribution in [3.8, 4) is 5.75 Å². The van der Waals surface area contributed by atoms with E-state index in [1.807, 2.05) is 24.4 Å². The molecule has 2 aromatic rings. The molecule has 0 atom stereocenters. The van der Waals surface area contributed by atoms with E-state index in [0.29, 0.717) is 12.6 Å². The zero-order valence-corrected chi connectivity index (χ0v) is 11.7. The first kappa shape index (κ1) is 12.6. The van der Waals surface area contributed by atoms with E-state index in [1.165, 1.54) is 12.8 Å². The van der Waals surface area contributed by atoms with Gasteiger partial charge in [-0.1, -0.05) is 0 Å². The minimum absolute atomic E-state index is 0.514. The molecular formula is C14H17N3OS. The van der Waals surface area contributed by atoms with Crippen molar-refractivity contribution in [1.29, 1.82) is 0 Å². The summed E-state index contributed by atoms with van der Waals surface area (Å²) in [5.74, 6) is 0.794. The summed E-state index contributed by atoms with van der Waals surface area (Å²) in [4.78, 5) is 8.75. The van der Waals surface area contributed by atoms with E-state index in [2.05, 4.69) is 15.3 Å². The van der Waals surface area contributed by atoms with Crippen molar-refractivity contribution in [3.05, 3.63) is 40.1 Å². The number of ether oxygens (including phenoxy) is 1. The molecule has 0 amide bonds. The third kappa shape index (κ3) is 3.75. The Morgan fingerprint density at radius 3 is 2.95 bits per heavy atom. The fourth-order valence-electron chi connectivity index (χ4n) is 1.75. The number of aromatic nitrogens is 2. The van der Waals surface area contributed by atoms with Crippen LogP contribution in [0.1, 0.15) is 29.2 Å². The summed E-state index contributed by atoms with van der Waals surface area (Å²) in [7, 11) is 0. The van der Waals surface area contributed by atoms with Gasteiger partial charge in [0, 0.05) is 23.7 Å². The third-order valence-electron chi connectivity index (χ3n) is 2.98. The van der Waals surface area contributed by atoms with Crippen molar-refractivity contribution in [3.63, 3.8) is 0 Å². The quantitative estimate of drug-likeness (QED) is 0.880. The minimum Gasteiger partial charge on any atom is -0.485 e. The number of pyridine rings is 1. The molecule has 1 fully saturated rings. The lowest BCUT2D eigenvalue weighted by atomic mass is 10.3. The van der Waals surface area contributed by atoms with Gasteiger partial charge in [-0.3, -0.25) is 4.98 Å². The van der Waals surface area contributed by atoms with Gasteiger partial charge in [0.25, 0.3) is 0 Å². The molecule has 1 aliphatic carbocycles. The Bertz CT molecular complexity index is 534. The first-order valence-electron chi connectivity index (χ1n) is 6.52. The first-order chi connectivity index (χ1) is 9.29. The monoisotopic (exact) mass is 275 g/mol. The average Bonchev–Trinajstić information content (AvgIpc) is 3.17. The molecule has 0 aliphatic heterocycles. The summed E-state index contributed by atoms with van der Waals surface area (Å²) >= 11 is 1.62. The van der Waals surface area contributed by atoms with Crippen molar-refractivity contribution in [1.82, 2.24) is 15.3 Å². The van der Waals surface area contributed by atoms with E-state index >= 15 is 0 Å². The lowest BCUT2D eigenvalue weighted by Gasteiger charge is -2.05. The van der Waals surface area contributed by atoms with E-state index in [0.717, 1.165) is 28.7 Å². The highest BCUT2D eigenvalue weighted by molar-refractivity contribution is 7.09. The Labute approximate surface area is 116 Å². The van der Waals surface area contributed by atoms with Gasteiger partial charge in [-0.25, -0.2) is 4.98 Å². The molecule has 3 rings (SSSR count). The summed E-state index contributed by atoms with van der Waals surface area (Å²) in [6.45, 7) is 3.35. The van der Waals surface area contributed by atoms with E-state index < -0.39 is 0 Å². The molecule has 5 heteroatoms. The lowest BCUT2D eigenvalue weighted by molar-refractivity contribution is 0.304. The Balaban J connectivity index is 1.50. The van der Waals surface area contributed by atoms with E-state index in [1.54, 1.807) is 17.5 Å². The van der Waals surface area contributed by atoms with Gasteiger partial charge in [0.1, 0.15) is 17.4 Å². The van der Waals surface area contributed by atoms with Crippen LogP contribution in [0.2, 0.25) is 0 Å². The summed E-state index contributed by atoms with van der Waals surface area (Å²) < 4.78 is 5.66. The molecule has 4 nitrogen and oxygen atoms in total. The van der Waals surface area contributed by atoms with Gasteiger partial charge >= 0.3 is 0 Å². The van der Waals surface area contributed by atoms with Crippen LogP contribution >= 0.6 is 11.3 Å². The van der Waals surface area contributed by atoms with Crippen molar-refractivity contribution in [2.45, 2.75) is 39.0 Å². The molecule has 1 aliphatic rings. The molecule has 0 bridgehead atoms. The molecule has 2 aromatic heterocycles. The second-order valence-corrected chi connectivity index (χ2v) is 5.75. The van der Waals surface area contributed by atoms with Crippen molar-refractivity contribution in [2.24, 2.45) is 0 Å². The van der Waals surface area contributed by atoms with Crippen molar-refractivity contribution in [2.75, 3.05) is 0 Å². The van der Waals surface area contributed by atoms with Crippen LogP contribution in [-0.2, 0) is 13.2 Å². The second-order valence-electron chi connectivity index (χ2n) is 4.81. The topological polar surface area (TPSA) is 47.0 Å². The van der Waals surface area contributed by atoms with Gasteiger partial charge in [0.05, 0.1) is 11.9 Å². The summed E-state index contributed by atoms with van der Waals surface area (Å²) in [5.41, 5.74) is 2.10. The predicted octanol–water partition coefficient (Wildman–Crippen LogP) is 2.68. The Kier molecular flexibility index (Phi) is 3.75. The number of rotatable bonds is 6. The average molecular weight is 275 g/mol. The standard InChI is InChI=1S/C14H17N3OS/c1-10-9-19-14(17-10)8-18-13-5-4-12(16-7-13)6-15-11-2-3-11/h4-5,7,9,11,15H,2-3,6,8H2,1H3. The van der Waals surface area contributed by atoms with Crippen LogP contribution in [-0.4, -0.2) is 16.0 Å². The van der Waals surface area contributed by atoms with Crippen molar-refractivity contribution >= 4 is 11.3 Å². The summed E-state index contributed by atoms with van der Waals surface area (Å²) in [5, 5.41) is 6.47. The zero-order chi connectivity index (χ0) is 13.1. The molecule has 1 saturated carbocycles. The van der Waals surface area contributed by atoms with Crippen molar-refractivity contribution < 1.29 is 4.74 Å². The highest BCUT2D eigenvalue weighted by Gasteiger charge is 2.19. The molecule has 0 radical (unpaired) electrons. The fraction of sp³-hybridized carbons (Fsp3) is 0.429. The number of nitrogens with one attached hydrogen (secondary N) is 1. The van der Waals surface area contributed by atoms with E-state index in [9.17, 15) is 0 Å². The Morgan fingerprint density at radius 2 is 2.32 bits per heavy atom. The van der Waals surface area contributed by atoms with Gasteiger partial charge in [0.15, 0.2) is 0 Å². The van der Waals surface area contributed by atoms with Gasteiger partial charge in [-0.05, 0) is 31.9 Å². The van der Waals surface area contributed by atoms with Gasteiger partial charge in [0.2, 0.25) is 0 Å². The maximum atomic E-state index is 5.66. The number of hydrogen-bond acceptors (Lipinski definition) is 5. The van der Waals surface area contributed by atoms with Crippen LogP contribution < -0.4 is 10.1 Å². The normalized spacial score (nSPS) is 14.6. The summed E-state index contributed by atoms with van der Waals surface area (Å²) in [6, 6.07) is 4.70. The first-order valence-corrected chi connectivity index (χ1v) is 7.40. The van der Waals surface area contributed by atoms with Crippen LogP contribution in [0.4, 0.5) is 0 Å². The Hall–Kier alpha value is -1.46. The van der Waals surface area contributed by atoms with Crippen LogP contribution in [0, 0.1) is 6.92 Å². The number of nitrogens with zero attached hydrogens (tertiary/aromatic N) is 2. The Morgan fingerprint density at radius 1 is 1.42 bits per heavy atom. The lowest BCUT2D eigenvalue weighted by Crippen LogP contribution is -2.16. The number of aryl methyl sites for hydroxylation is 1. The van der Waals surface area contributed by atoms with E-state index in [-0.39, 0.29) is 0 Å². The molecule has 0 spiro atoms. The zero-order valence-electron chi connectivity index (χ0n) is 10.9. The maximum Gasteiger partial charge on any atom is 0.140 e. The van der Waals surface area contributed by atoms with Gasteiger partial charge in [-0.15, -0.1) is 11.3 Å². The van der Waals surface area contributed by atoms with Gasteiger partial charge in [-0.2, -0.15) is 0 Å².